The molecule has 0 bridgehead atoms. The Balaban J connectivity index is 1.74. The number of carbonyl (C=O) groups is 1. The lowest BCUT2D eigenvalue weighted by atomic mass is 10.1. The first-order chi connectivity index (χ1) is 13.8. The van der Waals surface area contributed by atoms with Gasteiger partial charge in [0.15, 0.2) is 0 Å². The molecule has 150 valence electrons. The molecule has 0 amide bonds. The van der Waals surface area contributed by atoms with E-state index in [-0.39, 0.29) is 11.4 Å². The summed E-state index contributed by atoms with van der Waals surface area (Å²) >= 11 is 0. The van der Waals surface area contributed by atoms with E-state index in [1.165, 1.54) is 18.2 Å². The van der Waals surface area contributed by atoms with E-state index in [0.717, 1.165) is 12.1 Å². The maximum atomic E-state index is 12.6. The summed E-state index contributed by atoms with van der Waals surface area (Å²) in [5.74, 6) is -0.0116. The number of Topliss-reactive ketones (excluding diaryl/α,β-unsaturated/α-hetero) is 1. The lowest BCUT2D eigenvalue weighted by Gasteiger charge is -2.10. The molecule has 1 atom stereocenters. The number of aliphatic hydroxyl groups is 2. The Hall–Kier alpha value is -3.23. The van der Waals surface area contributed by atoms with Crippen LogP contribution in [0.25, 0.3) is 11.3 Å². The largest absolute Gasteiger partial charge is 0.457 e. The molecule has 0 unspecified atom stereocenters. The number of hydrogen-bond donors (Lipinski definition) is 2. The third kappa shape index (κ3) is 4.98. The summed E-state index contributed by atoms with van der Waals surface area (Å²) < 4.78 is 43.3. The highest BCUT2D eigenvalue weighted by Crippen LogP contribution is 2.31. The van der Waals surface area contributed by atoms with Crippen LogP contribution in [0.4, 0.5) is 13.2 Å². The summed E-state index contributed by atoms with van der Waals surface area (Å²) in [4.78, 5) is 16.1. The minimum atomic E-state index is -4.41. The summed E-state index contributed by atoms with van der Waals surface area (Å²) in [6.07, 6.45) is -5.94. The Kier molecular flexibility index (Phi) is 5.95. The SMILES string of the molecule is O=C(c1cccc(-c2ccc(Oc3ccc(C(F)(F)F)cc3)cc2)n1)[C@@H](O)CO. The van der Waals surface area contributed by atoms with Gasteiger partial charge < -0.3 is 14.9 Å². The van der Waals surface area contributed by atoms with Crippen LogP contribution < -0.4 is 4.74 Å². The Bertz CT molecular complexity index is 986. The molecule has 0 saturated heterocycles. The van der Waals surface area contributed by atoms with E-state index in [1.54, 1.807) is 36.4 Å². The van der Waals surface area contributed by atoms with Crippen LogP contribution in [0.5, 0.6) is 11.5 Å². The number of carbonyl (C=O) groups excluding carboxylic acids is 1. The van der Waals surface area contributed by atoms with Crippen LogP contribution in [0, 0.1) is 0 Å². The zero-order valence-electron chi connectivity index (χ0n) is 14.9. The number of benzene rings is 2. The molecular weight excluding hydrogens is 387 g/mol. The van der Waals surface area contributed by atoms with Crippen molar-refractivity contribution in [1.82, 2.24) is 4.98 Å². The fraction of sp³-hybridized carbons (Fsp3) is 0.143. The lowest BCUT2D eigenvalue weighted by molar-refractivity contribution is -0.137. The van der Waals surface area contributed by atoms with Gasteiger partial charge in [-0.05, 0) is 60.7 Å². The van der Waals surface area contributed by atoms with Gasteiger partial charge in [0.25, 0.3) is 0 Å². The van der Waals surface area contributed by atoms with Crippen molar-refractivity contribution >= 4 is 5.78 Å². The number of ether oxygens (including phenoxy) is 1. The van der Waals surface area contributed by atoms with Gasteiger partial charge in [-0.25, -0.2) is 4.98 Å². The number of alkyl halides is 3. The topological polar surface area (TPSA) is 79.7 Å². The van der Waals surface area contributed by atoms with E-state index in [4.69, 9.17) is 9.84 Å². The Morgan fingerprint density at radius 2 is 1.55 bits per heavy atom. The molecule has 2 N–H and O–H groups in total. The van der Waals surface area contributed by atoms with Crippen molar-refractivity contribution in [2.24, 2.45) is 0 Å². The molecule has 3 aromatic rings. The van der Waals surface area contributed by atoms with E-state index < -0.39 is 30.2 Å². The monoisotopic (exact) mass is 403 g/mol. The molecule has 0 radical (unpaired) electrons. The summed E-state index contributed by atoms with van der Waals surface area (Å²) in [5.41, 5.74) is 0.404. The van der Waals surface area contributed by atoms with Gasteiger partial charge in [-0.3, -0.25) is 4.79 Å². The Morgan fingerprint density at radius 3 is 2.10 bits per heavy atom. The van der Waals surface area contributed by atoms with Crippen molar-refractivity contribution in [3.63, 3.8) is 0 Å². The minimum absolute atomic E-state index is 0.0223. The average molecular weight is 403 g/mol. The highest BCUT2D eigenvalue weighted by atomic mass is 19.4. The molecule has 0 fully saturated rings. The molecule has 0 saturated carbocycles. The molecule has 0 aliphatic rings. The highest BCUT2D eigenvalue weighted by Gasteiger charge is 2.30. The van der Waals surface area contributed by atoms with E-state index in [9.17, 15) is 23.1 Å². The first-order valence-electron chi connectivity index (χ1n) is 8.53. The maximum Gasteiger partial charge on any atom is 0.416 e. The lowest BCUT2D eigenvalue weighted by Crippen LogP contribution is -2.25. The molecule has 29 heavy (non-hydrogen) atoms. The summed E-state index contributed by atoms with van der Waals surface area (Å²) in [6, 6.07) is 15.7. The summed E-state index contributed by atoms with van der Waals surface area (Å²) in [6.45, 7) is -0.694. The number of halogens is 3. The molecule has 1 aromatic heterocycles. The quantitative estimate of drug-likeness (QED) is 0.606. The zero-order chi connectivity index (χ0) is 21.0. The number of rotatable bonds is 6. The number of nitrogens with zero attached hydrogens (tertiary/aromatic N) is 1. The van der Waals surface area contributed by atoms with Gasteiger partial charge in [0.2, 0.25) is 5.78 Å². The van der Waals surface area contributed by atoms with Crippen molar-refractivity contribution < 1.29 is 32.9 Å². The first kappa shape index (κ1) is 20.5. The summed E-state index contributed by atoms with van der Waals surface area (Å²) in [5, 5.41) is 18.4. The Labute approximate surface area is 164 Å². The fourth-order valence-electron chi connectivity index (χ4n) is 2.53. The predicted molar refractivity (Wildman–Crippen MR) is 98.6 cm³/mol. The minimum Gasteiger partial charge on any atom is -0.457 e. The third-order valence-electron chi connectivity index (χ3n) is 4.04. The number of pyridine rings is 1. The number of aromatic nitrogens is 1. The second kappa shape index (κ2) is 8.42. The highest BCUT2D eigenvalue weighted by molar-refractivity contribution is 5.98. The van der Waals surface area contributed by atoms with Crippen LogP contribution in [0.1, 0.15) is 16.1 Å². The molecule has 0 aliphatic heterocycles. The second-order valence-corrected chi connectivity index (χ2v) is 6.12. The smallest absolute Gasteiger partial charge is 0.416 e. The van der Waals surface area contributed by atoms with E-state index >= 15 is 0 Å². The fourth-order valence-corrected chi connectivity index (χ4v) is 2.53. The van der Waals surface area contributed by atoms with Crippen molar-refractivity contribution in [2.45, 2.75) is 12.3 Å². The van der Waals surface area contributed by atoms with Crippen LogP contribution in [-0.2, 0) is 6.18 Å². The molecular formula is C21H16F3NO4. The van der Waals surface area contributed by atoms with Crippen molar-refractivity contribution in [3.05, 3.63) is 78.0 Å². The van der Waals surface area contributed by atoms with Gasteiger partial charge in [-0.15, -0.1) is 0 Å². The summed E-state index contributed by atoms with van der Waals surface area (Å²) in [7, 11) is 0. The van der Waals surface area contributed by atoms with Crippen LogP contribution in [0.2, 0.25) is 0 Å². The van der Waals surface area contributed by atoms with Gasteiger partial charge in [0.05, 0.1) is 17.9 Å². The molecule has 0 aliphatic carbocycles. The maximum absolute atomic E-state index is 12.6. The third-order valence-corrected chi connectivity index (χ3v) is 4.04. The van der Waals surface area contributed by atoms with Crippen molar-refractivity contribution in [1.29, 1.82) is 0 Å². The molecule has 3 rings (SSSR count). The first-order valence-corrected chi connectivity index (χ1v) is 8.53. The molecule has 5 nitrogen and oxygen atoms in total. The molecule has 8 heteroatoms. The van der Waals surface area contributed by atoms with Gasteiger partial charge in [0.1, 0.15) is 23.3 Å². The number of hydrogen-bond acceptors (Lipinski definition) is 5. The molecule has 2 aromatic carbocycles. The number of ketones is 1. The van der Waals surface area contributed by atoms with Crippen molar-refractivity contribution in [2.75, 3.05) is 6.61 Å². The van der Waals surface area contributed by atoms with Crippen molar-refractivity contribution in [3.8, 4) is 22.8 Å². The predicted octanol–water partition coefficient (Wildman–Crippen LogP) is 4.10. The van der Waals surface area contributed by atoms with Gasteiger partial charge in [-0.2, -0.15) is 13.2 Å². The van der Waals surface area contributed by atoms with Gasteiger partial charge in [-0.1, -0.05) is 6.07 Å². The van der Waals surface area contributed by atoms with E-state index in [0.29, 0.717) is 17.0 Å². The number of aliphatic hydroxyl groups excluding tert-OH is 2. The zero-order valence-corrected chi connectivity index (χ0v) is 14.9. The molecule has 0 spiro atoms. The Morgan fingerprint density at radius 1 is 0.966 bits per heavy atom. The van der Waals surface area contributed by atoms with Crippen LogP contribution in [0.3, 0.4) is 0 Å². The van der Waals surface area contributed by atoms with Crippen LogP contribution in [-0.4, -0.2) is 33.7 Å². The van der Waals surface area contributed by atoms with Gasteiger partial charge in [0, 0.05) is 5.56 Å². The second-order valence-electron chi connectivity index (χ2n) is 6.12. The van der Waals surface area contributed by atoms with E-state index in [1.807, 2.05) is 0 Å². The standard InChI is InChI=1S/C21H16F3NO4/c22-21(23,24)14-6-10-16(11-7-14)29-15-8-4-13(5-9-15)17-2-1-3-18(25-17)20(28)19(27)12-26/h1-11,19,26-27H,12H2/t19-/m0/s1. The van der Waals surface area contributed by atoms with Crippen LogP contribution >= 0.6 is 0 Å². The van der Waals surface area contributed by atoms with Crippen LogP contribution in [0.15, 0.2) is 66.7 Å². The van der Waals surface area contributed by atoms with Gasteiger partial charge >= 0.3 is 6.18 Å². The van der Waals surface area contributed by atoms with E-state index in [2.05, 4.69) is 4.98 Å². The normalized spacial score (nSPS) is 12.4. The average Bonchev–Trinajstić information content (AvgIpc) is 2.73. The molecule has 1 heterocycles.